The first-order chi connectivity index (χ1) is 13.7. The smallest absolute Gasteiger partial charge is 0.241 e. The summed E-state index contributed by atoms with van der Waals surface area (Å²) >= 11 is 0. The lowest BCUT2D eigenvalue weighted by Gasteiger charge is -2.42. The van der Waals surface area contributed by atoms with Gasteiger partial charge in [-0.05, 0) is 71.2 Å². The van der Waals surface area contributed by atoms with Gasteiger partial charge in [-0.2, -0.15) is 13.2 Å². The molecule has 0 aliphatic heterocycles. The standard InChI is InChI=1S/C23H24F3NO2S/c1-21(2)10-11-22(3,4)19-14-17(6-7-18(19)21)30(28,29)27-12-9-15-13-16(23(24,25)26)5-8-20(15)27/h5-9,12-14H,10-11H2,1-4H3. The van der Waals surface area contributed by atoms with Crippen molar-refractivity contribution in [3.05, 3.63) is 65.4 Å². The van der Waals surface area contributed by atoms with Gasteiger partial charge in [-0.3, -0.25) is 0 Å². The van der Waals surface area contributed by atoms with Crippen LogP contribution < -0.4 is 0 Å². The molecular formula is C23H24F3NO2S. The first-order valence-electron chi connectivity index (χ1n) is 9.82. The predicted octanol–water partition coefficient (Wildman–Crippen LogP) is 6.25. The maximum absolute atomic E-state index is 13.4. The molecule has 0 amide bonds. The van der Waals surface area contributed by atoms with Gasteiger partial charge in [0.15, 0.2) is 0 Å². The Balaban J connectivity index is 1.86. The van der Waals surface area contributed by atoms with E-state index in [4.69, 9.17) is 0 Å². The van der Waals surface area contributed by atoms with Crippen LogP contribution in [0, 0.1) is 0 Å². The summed E-state index contributed by atoms with van der Waals surface area (Å²) < 4.78 is 66.8. The molecule has 0 saturated heterocycles. The number of rotatable bonds is 2. The molecule has 1 heterocycles. The molecule has 0 N–H and O–H groups in total. The van der Waals surface area contributed by atoms with E-state index in [1.807, 2.05) is 6.07 Å². The lowest BCUT2D eigenvalue weighted by molar-refractivity contribution is -0.137. The second kappa shape index (κ2) is 6.36. The Morgan fingerprint density at radius 2 is 1.50 bits per heavy atom. The van der Waals surface area contributed by atoms with Crippen LogP contribution in [0.4, 0.5) is 13.2 Å². The van der Waals surface area contributed by atoms with Crippen LogP contribution in [0.15, 0.2) is 53.6 Å². The molecule has 3 aromatic rings. The summed E-state index contributed by atoms with van der Waals surface area (Å²) in [5, 5.41) is 0.229. The Morgan fingerprint density at radius 3 is 2.13 bits per heavy atom. The molecule has 1 aliphatic rings. The van der Waals surface area contributed by atoms with Crippen molar-refractivity contribution in [3.8, 4) is 0 Å². The van der Waals surface area contributed by atoms with E-state index in [-0.39, 0.29) is 26.6 Å². The zero-order valence-corrected chi connectivity index (χ0v) is 18.2. The Hall–Kier alpha value is -2.28. The average molecular weight is 436 g/mol. The van der Waals surface area contributed by atoms with Gasteiger partial charge < -0.3 is 0 Å². The molecular weight excluding hydrogens is 411 g/mol. The molecule has 0 unspecified atom stereocenters. The molecule has 0 atom stereocenters. The number of aromatic nitrogens is 1. The molecule has 160 valence electrons. The molecule has 0 radical (unpaired) electrons. The number of nitrogens with zero attached hydrogens (tertiary/aromatic N) is 1. The van der Waals surface area contributed by atoms with E-state index in [1.165, 1.54) is 18.3 Å². The van der Waals surface area contributed by atoms with Crippen LogP contribution in [-0.4, -0.2) is 12.4 Å². The van der Waals surface area contributed by atoms with Crippen LogP contribution in [0.25, 0.3) is 10.9 Å². The summed E-state index contributed by atoms with van der Waals surface area (Å²) in [5.74, 6) is 0. The zero-order valence-electron chi connectivity index (χ0n) is 17.3. The second-order valence-corrected chi connectivity index (χ2v) is 11.2. The average Bonchev–Trinajstić information content (AvgIpc) is 3.08. The van der Waals surface area contributed by atoms with Crippen LogP contribution in [0.2, 0.25) is 0 Å². The predicted molar refractivity (Wildman–Crippen MR) is 111 cm³/mol. The second-order valence-electron chi connectivity index (χ2n) is 9.36. The van der Waals surface area contributed by atoms with Gasteiger partial charge >= 0.3 is 6.18 Å². The quantitative estimate of drug-likeness (QED) is 0.478. The third-order valence-electron chi connectivity index (χ3n) is 6.36. The summed E-state index contributed by atoms with van der Waals surface area (Å²) in [6.45, 7) is 8.54. The number of halogens is 3. The van der Waals surface area contributed by atoms with Crippen molar-refractivity contribution in [1.29, 1.82) is 0 Å². The minimum absolute atomic E-state index is 0.0404. The van der Waals surface area contributed by atoms with Gasteiger partial charge in [-0.15, -0.1) is 0 Å². The number of hydrogen-bond donors (Lipinski definition) is 0. The van der Waals surface area contributed by atoms with E-state index in [1.54, 1.807) is 12.1 Å². The van der Waals surface area contributed by atoms with Crippen molar-refractivity contribution in [2.75, 3.05) is 0 Å². The highest BCUT2D eigenvalue weighted by molar-refractivity contribution is 7.90. The number of alkyl halides is 3. The zero-order chi connectivity index (χ0) is 22.1. The van der Waals surface area contributed by atoms with Crippen molar-refractivity contribution in [2.24, 2.45) is 0 Å². The molecule has 7 heteroatoms. The Labute approximate surface area is 174 Å². The molecule has 1 aliphatic carbocycles. The highest BCUT2D eigenvalue weighted by atomic mass is 32.2. The summed E-state index contributed by atoms with van der Waals surface area (Å²) in [4.78, 5) is 0.143. The largest absolute Gasteiger partial charge is 0.416 e. The fourth-order valence-electron chi connectivity index (χ4n) is 4.34. The molecule has 0 fully saturated rings. The summed E-state index contributed by atoms with van der Waals surface area (Å²) in [7, 11) is -3.96. The lowest BCUT2D eigenvalue weighted by Crippen LogP contribution is -2.34. The third kappa shape index (κ3) is 3.23. The van der Waals surface area contributed by atoms with E-state index in [2.05, 4.69) is 27.7 Å². The third-order valence-corrected chi connectivity index (χ3v) is 8.05. The number of fused-ring (bicyclic) bond motifs is 2. The minimum atomic E-state index is -4.48. The normalized spacial score (nSPS) is 18.4. The van der Waals surface area contributed by atoms with E-state index in [0.717, 1.165) is 40.1 Å². The van der Waals surface area contributed by atoms with Crippen molar-refractivity contribution in [1.82, 2.24) is 3.97 Å². The van der Waals surface area contributed by atoms with E-state index in [9.17, 15) is 21.6 Å². The van der Waals surface area contributed by atoms with Crippen molar-refractivity contribution in [2.45, 2.75) is 62.4 Å². The van der Waals surface area contributed by atoms with Crippen molar-refractivity contribution in [3.63, 3.8) is 0 Å². The monoisotopic (exact) mass is 435 g/mol. The first-order valence-corrected chi connectivity index (χ1v) is 11.3. The minimum Gasteiger partial charge on any atom is -0.241 e. The Bertz CT molecular complexity index is 1250. The van der Waals surface area contributed by atoms with Crippen LogP contribution in [0.5, 0.6) is 0 Å². The van der Waals surface area contributed by atoms with Crippen molar-refractivity contribution >= 4 is 20.9 Å². The molecule has 0 bridgehead atoms. The van der Waals surface area contributed by atoms with Crippen LogP contribution in [0.3, 0.4) is 0 Å². The van der Waals surface area contributed by atoms with Crippen LogP contribution in [-0.2, 0) is 27.0 Å². The van der Waals surface area contributed by atoms with Crippen LogP contribution >= 0.6 is 0 Å². The fraction of sp³-hybridized carbons (Fsp3) is 0.391. The highest BCUT2D eigenvalue weighted by Gasteiger charge is 2.38. The van der Waals surface area contributed by atoms with E-state index in [0.29, 0.717) is 0 Å². The topological polar surface area (TPSA) is 39.1 Å². The molecule has 4 rings (SSSR count). The highest BCUT2D eigenvalue weighted by Crippen LogP contribution is 2.46. The molecule has 2 aromatic carbocycles. The van der Waals surface area contributed by atoms with Gasteiger partial charge in [-0.1, -0.05) is 33.8 Å². The maximum Gasteiger partial charge on any atom is 0.416 e. The summed E-state index contributed by atoms with van der Waals surface area (Å²) in [6.07, 6.45) is -1.20. The SMILES string of the molecule is CC1(C)CCC(C)(C)c2cc(S(=O)(=O)n3ccc4cc(C(F)(F)F)ccc43)ccc21. The van der Waals surface area contributed by atoms with Gasteiger partial charge in [0.2, 0.25) is 0 Å². The van der Waals surface area contributed by atoms with Gasteiger partial charge in [0.05, 0.1) is 16.0 Å². The van der Waals surface area contributed by atoms with Gasteiger partial charge in [0, 0.05) is 11.6 Å². The molecule has 0 saturated carbocycles. The molecule has 3 nitrogen and oxygen atoms in total. The number of hydrogen-bond acceptors (Lipinski definition) is 2. The summed E-state index contributed by atoms with van der Waals surface area (Å²) in [5.41, 5.74) is 1.38. The van der Waals surface area contributed by atoms with E-state index >= 15 is 0 Å². The van der Waals surface area contributed by atoms with Gasteiger partial charge in [-0.25, -0.2) is 12.4 Å². The summed E-state index contributed by atoms with van der Waals surface area (Å²) in [6, 6.07) is 9.72. The Kier molecular flexibility index (Phi) is 4.45. The lowest BCUT2D eigenvalue weighted by atomic mass is 9.63. The molecule has 0 spiro atoms. The first kappa shape index (κ1) is 21.0. The maximum atomic E-state index is 13.4. The van der Waals surface area contributed by atoms with Crippen molar-refractivity contribution < 1.29 is 21.6 Å². The Morgan fingerprint density at radius 1 is 0.867 bits per heavy atom. The van der Waals surface area contributed by atoms with E-state index < -0.39 is 21.8 Å². The van der Waals surface area contributed by atoms with Crippen LogP contribution in [0.1, 0.15) is 57.2 Å². The van der Waals surface area contributed by atoms with Gasteiger partial charge in [0.25, 0.3) is 10.0 Å². The fourth-order valence-corrected chi connectivity index (χ4v) is 5.72. The number of benzene rings is 2. The molecule has 1 aromatic heterocycles. The van der Waals surface area contributed by atoms with Gasteiger partial charge in [0.1, 0.15) is 0 Å². The molecule has 30 heavy (non-hydrogen) atoms.